The summed E-state index contributed by atoms with van der Waals surface area (Å²) in [4.78, 5) is 15.1. The minimum Gasteiger partial charge on any atom is -0.468 e. The van der Waals surface area contributed by atoms with Crippen LogP contribution in [-0.4, -0.2) is 68.2 Å². The zero-order valence-corrected chi connectivity index (χ0v) is 25.0. The predicted molar refractivity (Wildman–Crippen MR) is 156 cm³/mol. The van der Waals surface area contributed by atoms with E-state index in [1.54, 1.807) is 18.2 Å². The van der Waals surface area contributed by atoms with Gasteiger partial charge in [-0.25, -0.2) is 27.2 Å². The maximum absolute atomic E-state index is 16.6. The number of sulfone groups is 1. The topological polar surface area (TPSA) is 107 Å². The summed E-state index contributed by atoms with van der Waals surface area (Å²) in [6.45, 7) is 7.59. The number of nitrogens with one attached hydrogen (secondary N) is 1. The van der Waals surface area contributed by atoms with Crippen LogP contribution >= 0.6 is 0 Å². The highest BCUT2D eigenvalue weighted by Crippen LogP contribution is 2.45. The van der Waals surface area contributed by atoms with Crippen LogP contribution in [0.4, 0.5) is 14.6 Å². The number of aromatic nitrogens is 3. The number of rotatable bonds is 6. The highest BCUT2D eigenvalue weighted by atomic mass is 32.2. The Labute approximate surface area is 243 Å². The molecular weight excluding hydrogens is 564 g/mol. The fraction of sp³-hybridized carbons (Fsp3) is 0.433. The molecule has 2 unspecified atom stereocenters. The van der Waals surface area contributed by atoms with Gasteiger partial charge in [0.25, 0.3) is 0 Å². The lowest BCUT2D eigenvalue weighted by Gasteiger charge is -2.49. The number of halogens is 2. The summed E-state index contributed by atoms with van der Waals surface area (Å²) in [5, 5.41) is 4.20. The number of fused-ring (bicyclic) bond motifs is 4. The van der Waals surface area contributed by atoms with Gasteiger partial charge in [0.2, 0.25) is 15.0 Å². The van der Waals surface area contributed by atoms with Gasteiger partial charge in [-0.15, -0.1) is 0 Å². The highest BCUT2D eigenvalue weighted by Gasteiger charge is 2.51. The van der Waals surface area contributed by atoms with Crippen LogP contribution in [-0.2, 0) is 14.6 Å². The lowest BCUT2D eigenvalue weighted by molar-refractivity contribution is 0.0512. The first-order chi connectivity index (χ1) is 19.8. The van der Waals surface area contributed by atoms with E-state index in [1.165, 1.54) is 25.4 Å². The maximum atomic E-state index is 16.6. The number of benzene rings is 2. The summed E-state index contributed by atoms with van der Waals surface area (Å²) in [5.74, 6) is -0.798. The molecule has 6 rings (SSSR count). The van der Waals surface area contributed by atoms with E-state index >= 15 is 8.78 Å². The number of pyridine rings is 1. The average molecular weight is 598 g/mol. The van der Waals surface area contributed by atoms with Crippen molar-refractivity contribution in [2.75, 3.05) is 38.1 Å². The minimum absolute atomic E-state index is 0.0655. The molecule has 2 fully saturated rings. The number of hydrogen-bond acceptors (Lipinski definition) is 9. The van der Waals surface area contributed by atoms with Crippen LogP contribution in [0, 0.1) is 17.0 Å². The van der Waals surface area contributed by atoms with E-state index in [1.807, 2.05) is 4.90 Å². The third-order valence-corrected chi connectivity index (χ3v) is 9.36. The zero-order chi connectivity index (χ0) is 30.0. The number of hydrogen-bond donors (Lipinski definition) is 1. The molecule has 2 aliphatic heterocycles. The molecule has 0 saturated carbocycles. The number of piperazine rings is 1. The van der Waals surface area contributed by atoms with Crippen LogP contribution in [0.2, 0.25) is 0 Å². The van der Waals surface area contributed by atoms with E-state index in [4.69, 9.17) is 9.47 Å². The molecule has 2 aromatic carbocycles. The van der Waals surface area contributed by atoms with Crippen LogP contribution in [0.1, 0.15) is 33.6 Å². The molecule has 0 amide bonds. The van der Waals surface area contributed by atoms with Gasteiger partial charge in [0.1, 0.15) is 28.6 Å². The van der Waals surface area contributed by atoms with Crippen molar-refractivity contribution >= 4 is 37.3 Å². The van der Waals surface area contributed by atoms with Crippen LogP contribution < -0.4 is 15.0 Å². The predicted octanol–water partition coefficient (Wildman–Crippen LogP) is 4.87. The first-order valence-corrected chi connectivity index (χ1v) is 15.6. The van der Waals surface area contributed by atoms with E-state index in [9.17, 15) is 8.42 Å². The van der Waals surface area contributed by atoms with E-state index in [0.717, 1.165) is 19.1 Å². The molecule has 0 aliphatic carbocycles. The summed E-state index contributed by atoms with van der Waals surface area (Å²) >= 11 is 0. The van der Waals surface area contributed by atoms with E-state index < -0.39 is 26.6 Å². The average Bonchev–Trinajstić information content (AvgIpc) is 3.25. The molecular formula is C30H33F2N5O4S. The van der Waals surface area contributed by atoms with E-state index in [2.05, 4.69) is 41.0 Å². The molecule has 12 heteroatoms. The van der Waals surface area contributed by atoms with Gasteiger partial charge in [-0.1, -0.05) is 32.9 Å². The lowest BCUT2D eigenvalue weighted by Crippen LogP contribution is -2.65. The first kappa shape index (κ1) is 28.6. The Kier molecular flexibility index (Phi) is 6.86. The van der Waals surface area contributed by atoms with Gasteiger partial charge in [-0.2, -0.15) is 0 Å². The van der Waals surface area contributed by atoms with E-state index in [-0.39, 0.29) is 51.3 Å². The number of anilines is 1. The standard InChI is InChI=1S/C30H33F2N5O4S/c1-29(2,3)30-10-9-18(36-30)14-37(15-30)27-21-13-33-25(24(32)26(21)34-28(35-27)42(5,38)39)20-12-19(41-16-40-4)11-17-7-6-8-22(31)23(17)20/h6-8,11-13,18,36H,9-10,14-16H2,1-5H3. The monoisotopic (exact) mass is 597 g/mol. The van der Waals surface area contributed by atoms with Gasteiger partial charge in [-0.3, -0.25) is 4.98 Å². The molecule has 2 aromatic heterocycles. The second kappa shape index (κ2) is 10.1. The fourth-order valence-electron chi connectivity index (χ4n) is 6.23. The number of ether oxygens (including phenoxy) is 2. The Bertz CT molecular complexity index is 1830. The molecule has 4 aromatic rings. The molecule has 222 valence electrons. The van der Waals surface area contributed by atoms with Gasteiger partial charge in [0.15, 0.2) is 12.6 Å². The SMILES string of the molecule is COCOc1cc(-c2ncc3c(N4CC5CCC(C(C)(C)C)(C4)N5)nc(S(C)(=O)=O)nc3c2F)c2c(F)cccc2c1. The lowest BCUT2D eigenvalue weighted by atomic mass is 9.72. The van der Waals surface area contributed by atoms with Gasteiger partial charge in [-0.05, 0) is 41.8 Å². The van der Waals surface area contributed by atoms with Crippen molar-refractivity contribution < 1.29 is 26.7 Å². The van der Waals surface area contributed by atoms with Crippen molar-refractivity contribution in [1.82, 2.24) is 20.3 Å². The third-order valence-electron chi connectivity index (χ3n) is 8.51. The molecule has 0 radical (unpaired) electrons. The normalized spacial score (nSPS) is 20.9. The molecule has 0 spiro atoms. The van der Waals surface area contributed by atoms with Gasteiger partial charge in [0, 0.05) is 55.2 Å². The Morgan fingerprint density at radius 1 is 1.19 bits per heavy atom. The zero-order valence-electron chi connectivity index (χ0n) is 24.2. The second-order valence-corrected chi connectivity index (χ2v) is 14.1. The molecule has 1 N–H and O–H groups in total. The molecule has 2 saturated heterocycles. The Balaban J connectivity index is 1.58. The second-order valence-electron chi connectivity index (χ2n) is 12.2. The van der Waals surface area contributed by atoms with Crippen molar-refractivity contribution in [3.63, 3.8) is 0 Å². The number of nitrogens with zero attached hydrogens (tertiary/aromatic N) is 4. The summed E-state index contributed by atoms with van der Waals surface area (Å²) in [6, 6.07) is 7.81. The number of methoxy groups -OCH3 is 1. The van der Waals surface area contributed by atoms with Crippen LogP contribution in [0.3, 0.4) is 0 Å². The molecule has 2 aliphatic rings. The van der Waals surface area contributed by atoms with Gasteiger partial charge in [0.05, 0.1) is 5.39 Å². The fourth-order valence-corrected chi connectivity index (χ4v) is 6.74. The van der Waals surface area contributed by atoms with Crippen LogP contribution in [0.25, 0.3) is 32.9 Å². The van der Waals surface area contributed by atoms with Crippen molar-refractivity contribution in [2.45, 2.75) is 50.4 Å². The van der Waals surface area contributed by atoms with Crippen molar-refractivity contribution in [2.24, 2.45) is 5.41 Å². The van der Waals surface area contributed by atoms with E-state index in [0.29, 0.717) is 30.0 Å². The summed E-state index contributed by atoms with van der Waals surface area (Å²) in [5.41, 5.74) is -0.571. The third kappa shape index (κ3) is 4.75. The summed E-state index contributed by atoms with van der Waals surface area (Å²) < 4.78 is 67.8. The molecule has 42 heavy (non-hydrogen) atoms. The van der Waals surface area contributed by atoms with Gasteiger partial charge >= 0.3 is 0 Å². The molecule has 2 bridgehead atoms. The molecule has 2 atom stereocenters. The van der Waals surface area contributed by atoms with Crippen LogP contribution in [0.15, 0.2) is 41.7 Å². The van der Waals surface area contributed by atoms with Crippen LogP contribution in [0.5, 0.6) is 5.75 Å². The quantitative estimate of drug-likeness (QED) is 0.246. The molecule has 4 heterocycles. The summed E-state index contributed by atoms with van der Waals surface area (Å²) in [7, 11) is -2.44. The van der Waals surface area contributed by atoms with Gasteiger partial charge < -0.3 is 19.7 Å². The van der Waals surface area contributed by atoms with Crippen molar-refractivity contribution in [3.8, 4) is 17.0 Å². The Hall–Kier alpha value is -3.48. The van der Waals surface area contributed by atoms with Crippen molar-refractivity contribution in [1.29, 1.82) is 0 Å². The first-order valence-electron chi connectivity index (χ1n) is 13.7. The Morgan fingerprint density at radius 3 is 2.69 bits per heavy atom. The largest absolute Gasteiger partial charge is 0.468 e. The smallest absolute Gasteiger partial charge is 0.249 e. The maximum Gasteiger partial charge on any atom is 0.249 e. The highest BCUT2D eigenvalue weighted by molar-refractivity contribution is 7.90. The summed E-state index contributed by atoms with van der Waals surface area (Å²) in [6.07, 6.45) is 4.36. The Morgan fingerprint density at radius 2 is 1.98 bits per heavy atom. The minimum atomic E-state index is -3.91. The molecule has 9 nitrogen and oxygen atoms in total. The van der Waals surface area contributed by atoms with Crippen molar-refractivity contribution in [3.05, 3.63) is 48.2 Å².